The zero-order valence-electron chi connectivity index (χ0n) is 13.0. The average molecular weight is 357 g/mol. The predicted molar refractivity (Wildman–Crippen MR) is 83.8 cm³/mol. The van der Waals surface area contributed by atoms with Crippen LogP contribution in [-0.2, 0) is 23.9 Å². The Hall–Kier alpha value is -2.16. The van der Waals surface area contributed by atoms with Crippen LogP contribution in [0.1, 0.15) is 40.3 Å². The van der Waals surface area contributed by atoms with E-state index in [9.17, 15) is 22.8 Å². The van der Waals surface area contributed by atoms with Crippen molar-refractivity contribution in [2.24, 2.45) is 0 Å². The third-order valence-electron chi connectivity index (χ3n) is 4.08. The summed E-state index contributed by atoms with van der Waals surface area (Å²) in [6, 6.07) is 0. The fraction of sp³-hybridized carbons (Fsp3) is 0.400. The Labute approximate surface area is 139 Å². The minimum atomic E-state index is -4.66. The smallest absolute Gasteiger partial charge is 0.397 e. The van der Waals surface area contributed by atoms with Gasteiger partial charge in [-0.1, -0.05) is 0 Å². The van der Waals surface area contributed by atoms with Crippen LogP contribution in [0.2, 0.25) is 0 Å². The molecule has 0 radical (unpaired) electrons. The summed E-state index contributed by atoms with van der Waals surface area (Å²) in [5, 5.41) is -0.234. The number of Topliss-reactive ketones (excluding diaryl/α,β-unsaturated/α-hetero) is 1. The quantitative estimate of drug-likeness (QED) is 0.796. The zero-order valence-corrected chi connectivity index (χ0v) is 13.8. The molecule has 0 saturated carbocycles. The van der Waals surface area contributed by atoms with Crippen LogP contribution in [0.25, 0.3) is 10.2 Å². The molecule has 2 aromatic heterocycles. The Morgan fingerprint density at radius 3 is 2.50 bits per heavy atom. The summed E-state index contributed by atoms with van der Waals surface area (Å²) >= 11 is 0.876. The number of nitrogens with two attached hydrogens (primary N) is 1. The van der Waals surface area contributed by atoms with Crippen molar-refractivity contribution >= 4 is 38.9 Å². The summed E-state index contributed by atoms with van der Waals surface area (Å²) in [6.07, 6.45) is -4.42. The summed E-state index contributed by atoms with van der Waals surface area (Å²) in [5.74, 6) is -0.691. The topological polar surface area (TPSA) is 76.3 Å². The molecule has 0 saturated heterocycles. The molecular weight excluding hydrogens is 343 g/mol. The van der Waals surface area contributed by atoms with E-state index in [2.05, 4.69) is 4.98 Å². The Bertz CT molecular complexity index is 873. The van der Waals surface area contributed by atoms with Crippen LogP contribution in [-0.4, -0.2) is 28.1 Å². The number of hydrogen-bond acceptors (Lipinski definition) is 5. The Morgan fingerprint density at radius 1 is 1.29 bits per heavy atom. The van der Waals surface area contributed by atoms with Crippen molar-refractivity contribution in [1.82, 2.24) is 9.88 Å². The van der Waals surface area contributed by atoms with E-state index in [4.69, 9.17) is 5.73 Å². The number of nitrogen functional groups attached to an aromatic ring is 1. The molecule has 3 heterocycles. The number of aromatic nitrogens is 1. The zero-order chi connectivity index (χ0) is 17.8. The van der Waals surface area contributed by atoms with Crippen LogP contribution in [0.5, 0.6) is 0 Å². The van der Waals surface area contributed by atoms with Gasteiger partial charge in [0.25, 0.3) is 0 Å². The first kappa shape index (κ1) is 16.7. The van der Waals surface area contributed by atoms with E-state index in [1.807, 2.05) is 0 Å². The fourth-order valence-electron chi connectivity index (χ4n) is 2.97. The number of carbonyl (C=O) groups excluding carboxylic acids is 2. The molecular formula is C15H14F3N3O2S. The van der Waals surface area contributed by atoms with Crippen molar-refractivity contribution in [2.75, 3.05) is 12.3 Å². The minimum absolute atomic E-state index is 0.0314. The average Bonchev–Trinajstić information content (AvgIpc) is 2.80. The first-order chi connectivity index (χ1) is 11.1. The molecule has 0 aromatic carbocycles. The lowest BCUT2D eigenvalue weighted by atomic mass is 9.96. The molecule has 2 N–H and O–H groups in total. The third kappa shape index (κ3) is 2.52. The molecule has 0 aliphatic carbocycles. The van der Waals surface area contributed by atoms with Crippen LogP contribution >= 0.6 is 11.3 Å². The van der Waals surface area contributed by atoms with Crippen LogP contribution in [0, 0.1) is 0 Å². The molecule has 1 aliphatic heterocycles. The van der Waals surface area contributed by atoms with E-state index < -0.39 is 17.5 Å². The van der Waals surface area contributed by atoms with Crippen molar-refractivity contribution in [3.8, 4) is 0 Å². The first-order valence-electron chi connectivity index (χ1n) is 7.18. The van der Waals surface area contributed by atoms with Gasteiger partial charge in [-0.2, -0.15) is 13.2 Å². The van der Waals surface area contributed by atoms with Crippen molar-refractivity contribution in [3.63, 3.8) is 0 Å². The monoisotopic (exact) mass is 357 g/mol. The SMILES string of the molecule is CC(=O)c1sc2nc3c(c(C(F)(F)F)c2c1N)CN(C(C)=O)CC3. The van der Waals surface area contributed by atoms with E-state index in [-0.39, 0.29) is 45.2 Å². The number of hydrogen-bond donors (Lipinski definition) is 1. The van der Waals surface area contributed by atoms with E-state index in [1.165, 1.54) is 18.7 Å². The Kier molecular flexibility index (Phi) is 3.78. The fourth-order valence-corrected chi connectivity index (χ4v) is 3.99. The maximum atomic E-state index is 13.8. The first-order valence-corrected chi connectivity index (χ1v) is 8.00. The lowest BCUT2D eigenvalue weighted by Crippen LogP contribution is -2.36. The number of fused-ring (bicyclic) bond motifs is 2. The third-order valence-corrected chi connectivity index (χ3v) is 5.28. The lowest BCUT2D eigenvalue weighted by Gasteiger charge is -2.29. The number of nitrogens with zero attached hydrogens (tertiary/aromatic N) is 2. The van der Waals surface area contributed by atoms with Gasteiger partial charge in [0, 0.05) is 50.0 Å². The van der Waals surface area contributed by atoms with Crippen LogP contribution in [0.15, 0.2) is 0 Å². The number of ketones is 1. The molecule has 24 heavy (non-hydrogen) atoms. The van der Waals surface area contributed by atoms with Gasteiger partial charge >= 0.3 is 6.18 Å². The number of amides is 1. The molecule has 0 bridgehead atoms. The second-order valence-electron chi connectivity index (χ2n) is 5.68. The highest BCUT2D eigenvalue weighted by molar-refractivity contribution is 7.21. The van der Waals surface area contributed by atoms with E-state index in [1.54, 1.807) is 0 Å². The van der Waals surface area contributed by atoms with E-state index in [0.717, 1.165) is 11.3 Å². The number of thiophene rings is 1. The van der Waals surface area contributed by atoms with Gasteiger partial charge in [0.1, 0.15) is 4.83 Å². The molecule has 0 fully saturated rings. The van der Waals surface area contributed by atoms with Crippen LogP contribution < -0.4 is 5.73 Å². The molecule has 1 amide bonds. The summed E-state index contributed by atoms with van der Waals surface area (Å²) in [5.41, 5.74) is 5.04. The molecule has 0 unspecified atom stereocenters. The number of anilines is 1. The highest BCUT2D eigenvalue weighted by Gasteiger charge is 2.40. The molecule has 9 heteroatoms. The van der Waals surface area contributed by atoms with Gasteiger partial charge in [0.15, 0.2) is 5.78 Å². The van der Waals surface area contributed by atoms with Gasteiger partial charge in [-0.3, -0.25) is 9.59 Å². The number of carbonyl (C=O) groups is 2. The Balaban J connectivity index is 2.36. The van der Waals surface area contributed by atoms with Crippen LogP contribution in [0.3, 0.4) is 0 Å². The maximum absolute atomic E-state index is 13.8. The standard InChI is InChI=1S/C15H14F3N3O2S/c1-6(22)13-12(19)10-11(15(16,17)18)8-5-21(7(2)23)4-3-9(8)20-14(10)24-13/h3-5,19H2,1-2H3. The second kappa shape index (κ2) is 5.44. The van der Waals surface area contributed by atoms with Crippen molar-refractivity contribution in [3.05, 3.63) is 21.7 Å². The maximum Gasteiger partial charge on any atom is 0.417 e. The van der Waals surface area contributed by atoms with Gasteiger partial charge < -0.3 is 10.6 Å². The Morgan fingerprint density at radius 2 is 1.96 bits per heavy atom. The summed E-state index contributed by atoms with van der Waals surface area (Å²) < 4.78 is 41.3. The van der Waals surface area contributed by atoms with Crippen molar-refractivity contribution in [2.45, 2.75) is 33.0 Å². The lowest BCUT2D eigenvalue weighted by molar-refractivity contribution is -0.138. The molecule has 1 aliphatic rings. The highest BCUT2D eigenvalue weighted by Crippen LogP contribution is 2.45. The van der Waals surface area contributed by atoms with Gasteiger partial charge in [-0.25, -0.2) is 4.98 Å². The van der Waals surface area contributed by atoms with Gasteiger partial charge in [-0.15, -0.1) is 11.3 Å². The normalized spacial score (nSPS) is 14.8. The van der Waals surface area contributed by atoms with E-state index in [0.29, 0.717) is 12.2 Å². The van der Waals surface area contributed by atoms with Gasteiger partial charge in [0.2, 0.25) is 5.91 Å². The van der Waals surface area contributed by atoms with Crippen LogP contribution in [0.4, 0.5) is 18.9 Å². The van der Waals surface area contributed by atoms with E-state index >= 15 is 0 Å². The number of pyridine rings is 1. The molecule has 5 nitrogen and oxygen atoms in total. The van der Waals surface area contributed by atoms with Crippen molar-refractivity contribution in [1.29, 1.82) is 0 Å². The number of alkyl halides is 3. The molecule has 0 spiro atoms. The minimum Gasteiger partial charge on any atom is -0.397 e. The highest BCUT2D eigenvalue weighted by atomic mass is 32.1. The number of rotatable bonds is 1. The van der Waals surface area contributed by atoms with Crippen molar-refractivity contribution < 1.29 is 22.8 Å². The van der Waals surface area contributed by atoms with Gasteiger partial charge in [-0.05, 0) is 0 Å². The molecule has 2 aromatic rings. The van der Waals surface area contributed by atoms with Gasteiger partial charge in [0.05, 0.1) is 16.1 Å². The molecule has 3 rings (SSSR count). The second-order valence-corrected chi connectivity index (χ2v) is 6.68. The summed E-state index contributed by atoms with van der Waals surface area (Å²) in [4.78, 5) is 29.0. The molecule has 128 valence electrons. The largest absolute Gasteiger partial charge is 0.417 e. The summed E-state index contributed by atoms with van der Waals surface area (Å²) in [7, 11) is 0. The molecule has 0 atom stereocenters. The summed E-state index contributed by atoms with van der Waals surface area (Å²) in [6.45, 7) is 2.73. The number of halogens is 3. The predicted octanol–water partition coefficient (Wildman–Crippen LogP) is 3.00.